The summed E-state index contributed by atoms with van der Waals surface area (Å²) in [6, 6.07) is 8.44. The van der Waals surface area contributed by atoms with Crippen LogP contribution in [0.15, 0.2) is 42.7 Å². The second-order valence-electron chi connectivity index (χ2n) is 7.21. The van der Waals surface area contributed by atoms with Crippen molar-refractivity contribution in [2.45, 2.75) is 39.0 Å². The standard InChI is InChI=1S/C23H26N4S/c1-16-22(28-23(26-16)19-10-6-14-25-15-19)20-12-11-18-9-5-8-17(21(18)27-20)7-3-4-13-24-2/h6-7,10-12,14-15,24H,3-5,8-9,13H2,1-2H3/b17-7+. The average Bonchev–Trinajstić information content (AvgIpc) is 3.13. The van der Waals surface area contributed by atoms with E-state index in [-0.39, 0.29) is 0 Å². The van der Waals surface area contributed by atoms with E-state index in [1.807, 2.05) is 19.3 Å². The Hall–Kier alpha value is -2.37. The number of allylic oxidation sites excluding steroid dienone is 2. The van der Waals surface area contributed by atoms with Gasteiger partial charge in [0.05, 0.1) is 22.0 Å². The molecule has 1 aliphatic rings. The van der Waals surface area contributed by atoms with Crippen LogP contribution < -0.4 is 5.32 Å². The number of nitrogens with one attached hydrogen (secondary N) is 1. The Labute approximate surface area is 170 Å². The molecule has 0 saturated carbocycles. The van der Waals surface area contributed by atoms with Gasteiger partial charge < -0.3 is 5.32 Å². The molecule has 0 fully saturated rings. The molecule has 1 aliphatic carbocycles. The van der Waals surface area contributed by atoms with Gasteiger partial charge >= 0.3 is 0 Å². The minimum absolute atomic E-state index is 1.00. The van der Waals surface area contributed by atoms with Crippen LogP contribution in [0.5, 0.6) is 0 Å². The number of fused-ring (bicyclic) bond motifs is 1. The molecule has 0 aromatic carbocycles. The molecule has 3 aromatic rings. The second-order valence-corrected chi connectivity index (χ2v) is 8.21. The Balaban J connectivity index is 1.66. The van der Waals surface area contributed by atoms with E-state index in [1.165, 1.54) is 23.3 Å². The lowest BCUT2D eigenvalue weighted by atomic mass is 9.90. The molecular weight excluding hydrogens is 364 g/mol. The Morgan fingerprint density at radius 2 is 2.11 bits per heavy atom. The first kappa shape index (κ1) is 19.0. The summed E-state index contributed by atoms with van der Waals surface area (Å²) in [6.07, 6.45) is 11.8. The summed E-state index contributed by atoms with van der Waals surface area (Å²) in [6.45, 7) is 3.13. The van der Waals surface area contributed by atoms with Crippen molar-refractivity contribution in [3.05, 3.63) is 59.7 Å². The molecule has 0 unspecified atom stereocenters. The van der Waals surface area contributed by atoms with E-state index in [0.717, 1.165) is 59.1 Å². The summed E-state index contributed by atoms with van der Waals surface area (Å²) >= 11 is 1.70. The highest BCUT2D eigenvalue weighted by atomic mass is 32.1. The predicted molar refractivity (Wildman–Crippen MR) is 117 cm³/mol. The zero-order valence-electron chi connectivity index (χ0n) is 16.5. The Kier molecular flexibility index (Phi) is 5.93. The zero-order valence-corrected chi connectivity index (χ0v) is 17.4. The first-order valence-electron chi connectivity index (χ1n) is 9.98. The minimum Gasteiger partial charge on any atom is -0.320 e. The van der Waals surface area contributed by atoms with Crippen LogP contribution in [0.4, 0.5) is 0 Å². The van der Waals surface area contributed by atoms with Crippen LogP contribution in [-0.2, 0) is 6.42 Å². The van der Waals surface area contributed by atoms with E-state index in [2.05, 4.69) is 41.5 Å². The Morgan fingerprint density at radius 3 is 2.93 bits per heavy atom. The molecule has 0 spiro atoms. The van der Waals surface area contributed by atoms with Crippen LogP contribution in [0.25, 0.3) is 26.7 Å². The molecule has 0 bridgehead atoms. The summed E-state index contributed by atoms with van der Waals surface area (Å²) in [4.78, 5) is 15.3. The number of unbranched alkanes of at least 4 members (excludes halogenated alkanes) is 1. The maximum atomic E-state index is 5.10. The third kappa shape index (κ3) is 4.05. The van der Waals surface area contributed by atoms with Crippen LogP contribution in [0.1, 0.15) is 42.6 Å². The predicted octanol–water partition coefficient (Wildman–Crippen LogP) is 5.29. The summed E-state index contributed by atoms with van der Waals surface area (Å²) in [7, 11) is 2.01. The molecule has 0 radical (unpaired) electrons. The number of aromatic nitrogens is 3. The van der Waals surface area contributed by atoms with Crippen molar-refractivity contribution in [2.75, 3.05) is 13.6 Å². The van der Waals surface area contributed by atoms with Crippen molar-refractivity contribution < 1.29 is 0 Å². The van der Waals surface area contributed by atoms with E-state index in [1.54, 1.807) is 17.5 Å². The number of hydrogen-bond acceptors (Lipinski definition) is 5. The lowest BCUT2D eigenvalue weighted by Crippen LogP contribution is -2.07. The van der Waals surface area contributed by atoms with E-state index < -0.39 is 0 Å². The molecule has 0 atom stereocenters. The second kappa shape index (κ2) is 8.76. The molecule has 0 aliphatic heterocycles. The summed E-state index contributed by atoms with van der Waals surface area (Å²) in [5, 5.41) is 4.23. The molecule has 3 aromatic heterocycles. The van der Waals surface area contributed by atoms with Gasteiger partial charge in [0.2, 0.25) is 0 Å². The van der Waals surface area contributed by atoms with Gasteiger partial charge in [0.15, 0.2) is 0 Å². The Morgan fingerprint density at radius 1 is 1.18 bits per heavy atom. The highest BCUT2D eigenvalue weighted by molar-refractivity contribution is 7.18. The largest absolute Gasteiger partial charge is 0.320 e. The fourth-order valence-electron chi connectivity index (χ4n) is 3.68. The van der Waals surface area contributed by atoms with Crippen LogP contribution in [0, 0.1) is 6.92 Å². The summed E-state index contributed by atoms with van der Waals surface area (Å²) < 4.78 is 0. The van der Waals surface area contributed by atoms with Gasteiger partial charge in [-0.15, -0.1) is 11.3 Å². The number of thiazole rings is 1. The minimum atomic E-state index is 1.00. The molecule has 144 valence electrons. The molecule has 3 heterocycles. The lowest BCUT2D eigenvalue weighted by Gasteiger charge is -2.19. The van der Waals surface area contributed by atoms with Gasteiger partial charge in [-0.05, 0) is 82.0 Å². The maximum absolute atomic E-state index is 5.10. The number of nitrogens with zero attached hydrogens (tertiary/aromatic N) is 3. The molecule has 28 heavy (non-hydrogen) atoms. The van der Waals surface area contributed by atoms with Gasteiger partial charge in [-0.2, -0.15) is 0 Å². The van der Waals surface area contributed by atoms with Crippen LogP contribution in [-0.4, -0.2) is 28.5 Å². The maximum Gasteiger partial charge on any atom is 0.125 e. The van der Waals surface area contributed by atoms with Crippen molar-refractivity contribution in [2.24, 2.45) is 0 Å². The molecule has 5 heteroatoms. The smallest absolute Gasteiger partial charge is 0.125 e. The van der Waals surface area contributed by atoms with Crippen molar-refractivity contribution in [1.82, 2.24) is 20.3 Å². The fraction of sp³-hybridized carbons (Fsp3) is 0.348. The van der Waals surface area contributed by atoms with Crippen molar-refractivity contribution in [3.8, 4) is 21.1 Å². The number of aryl methyl sites for hydroxylation is 2. The highest BCUT2D eigenvalue weighted by Gasteiger charge is 2.19. The lowest BCUT2D eigenvalue weighted by molar-refractivity contribution is 0.732. The monoisotopic (exact) mass is 390 g/mol. The van der Waals surface area contributed by atoms with Gasteiger partial charge in [0.25, 0.3) is 0 Å². The summed E-state index contributed by atoms with van der Waals surface area (Å²) in [5.74, 6) is 0. The molecule has 1 N–H and O–H groups in total. The van der Waals surface area contributed by atoms with Crippen LogP contribution in [0.2, 0.25) is 0 Å². The first-order valence-corrected chi connectivity index (χ1v) is 10.8. The quantitative estimate of drug-likeness (QED) is 0.581. The van der Waals surface area contributed by atoms with Crippen molar-refractivity contribution in [3.63, 3.8) is 0 Å². The SMILES string of the molecule is CNCCC/C=C1\CCCc2ccc(-c3sc(-c4cccnc4)nc3C)nc21. The molecular formula is C23H26N4S. The van der Waals surface area contributed by atoms with Gasteiger partial charge in [0.1, 0.15) is 5.01 Å². The van der Waals surface area contributed by atoms with E-state index in [4.69, 9.17) is 9.97 Å². The number of pyridine rings is 2. The summed E-state index contributed by atoms with van der Waals surface area (Å²) in [5.41, 5.74) is 7.12. The van der Waals surface area contributed by atoms with Gasteiger partial charge in [-0.25, -0.2) is 9.97 Å². The third-order valence-electron chi connectivity index (χ3n) is 5.13. The molecule has 0 saturated heterocycles. The number of hydrogen-bond donors (Lipinski definition) is 1. The van der Waals surface area contributed by atoms with Crippen molar-refractivity contribution >= 4 is 16.9 Å². The van der Waals surface area contributed by atoms with Gasteiger partial charge in [0, 0.05) is 18.0 Å². The molecule has 4 nitrogen and oxygen atoms in total. The normalized spacial score (nSPS) is 15.0. The third-order valence-corrected chi connectivity index (χ3v) is 6.36. The zero-order chi connectivity index (χ0) is 19.3. The Bertz CT molecular complexity index is 976. The first-order chi connectivity index (χ1) is 13.8. The molecule has 4 rings (SSSR count). The van der Waals surface area contributed by atoms with Crippen LogP contribution in [0.3, 0.4) is 0 Å². The highest BCUT2D eigenvalue weighted by Crippen LogP contribution is 2.37. The van der Waals surface area contributed by atoms with E-state index in [0.29, 0.717) is 0 Å². The topological polar surface area (TPSA) is 50.7 Å². The van der Waals surface area contributed by atoms with Crippen molar-refractivity contribution in [1.29, 1.82) is 0 Å². The number of rotatable bonds is 6. The van der Waals surface area contributed by atoms with Crippen LogP contribution >= 0.6 is 11.3 Å². The van der Waals surface area contributed by atoms with Gasteiger partial charge in [-0.1, -0.05) is 12.1 Å². The van der Waals surface area contributed by atoms with E-state index >= 15 is 0 Å². The fourth-order valence-corrected chi connectivity index (χ4v) is 4.71. The average molecular weight is 391 g/mol. The molecule has 0 amide bonds. The van der Waals surface area contributed by atoms with E-state index in [9.17, 15) is 0 Å². The van der Waals surface area contributed by atoms with Gasteiger partial charge in [-0.3, -0.25) is 4.98 Å².